The highest BCUT2D eigenvalue weighted by atomic mass is 16.6. The summed E-state index contributed by atoms with van der Waals surface area (Å²) in [5, 5.41) is 0. The van der Waals surface area contributed by atoms with E-state index in [1.807, 2.05) is 30.3 Å². The number of hydrogen-bond acceptors (Lipinski definition) is 5. The van der Waals surface area contributed by atoms with E-state index < -0.39 is 11.9 Å². The molecule has 1 aromatic rings. The van der Waals surface area contributed by atoms with Crippen LogP contribution in [0.5, 0.6) is 0 Å². The van der Waals surface area contributed by atoms with E-state index in [2.05, 4.69) is 4.74 Å². The van der Waals surface area contributed by atoms with Crippen molar-refractivity contribution in [1.82, 2.24) is 0 Å². The monoisotopic (exact) mass is 300 g/mol. The van der Waals surface area contributed by atoms with E-state index in [0.29, 0.717) is 0 Å². The minimum Gasteiger partial charge on any atom is -0.492 e. The largest absolute Gasteiger partial charge is 0.492 e. The zero-order chi connectivity index (χ0) is 16.1. The number of esters is 2. The molecule has 1 aliphatic heterocycles. The molecule has 1 aliphatic rings. The maximum Gasteiger partial charge on any atom is 0.347 e. The fraction of sp³-hybridized carbons (Fsp3) is 0.176. The lowest BCUT2D eigenvalue weighted by Crippen LogP contribution is -2.07. The van der Waals surface area contributed by atoms with Crippen molar-refractivity contribution in [2.24, 2.45) is 0 Å². The first-order chi connectivity index (χ1) is 10.6. The molecule has 114 valence electrons. The van der Waals surface area contributed by atoms with Crippen molar-refractivity contribution in [3.05, 3.63) is 64.6 Å². The molecule has 0 saturated carbocycles. The van der Waals surface area contributed by atoms with Crippen LogP contribution in [0.4, 0.5) is 0 Å². The average Bonchev–Trinajstić information content (AvgIpc) is 2.88. The number of cyclic esters (lactones) is 1. The predicted octanol–water partition coefficient (Wildman–Crippen LogP) is 2.60. The first-order valence-electron chi connectivity index (χ1n) is 6.61. The van der Waals surface area contributed by atoms with Crippen molar-refractivity contribution in [3.8, 4) is 0 Å². The molecule has 0 atom stereocenters. The Hall–Kier alpha value is -2.82. The van der Waals surface area contributed by atoms with Crippen LogP contribution >= 0.6 is 0 Å². The Morgan fingerprint density at radius 3 is 2.41 bits per heavy atom. The highest BCUT2D eigenvalue weighted by Crippen LogP contribution is 2.30. The Labute approximate surface area is 128 Å². The Morgan fingerprint density at radius 1 is 1.14 bits per heavy atom. The van der Waals surface area contributed by atoms with E-state index >= 15 is 0 Å². The second-order valence-corrected chi connectivity index (χ2v) is 4.53. The summed E-state index contributed by atoms with van der Waals surface area (Å²) in [4.78, 5) is 23.6. The van der Waals surface area contributed by atoms with E-state index in [1.165, 1.54) is 21.1 Å². The minimum atomic E-state index is -0.578. The van der Waals surface area contributed by atoms with Crippen molar-refractivity contribution in [2.75, 3.05) is 14.2 Å². The molecule has 0 N–H and O–H groups in total. The van der Waals surface area contributed by atoms with Crippen LogP contribution in [-0.4, -0.2) is 26.2 Å². The molecule has 0 unspecified atom stereocenters. The van der Waals surface area contributed by atoms with Gasteiger partial charge in [0.15, 0.2) is 11.5 Å². The summed E-state index contributed by atoms with van der Waals surface area (Å²) in [7, 11) is 2.67. The van der Waals surface area contributed by atoms with E-state index in [-0.39, 0.29) is 22.7 Å². The van der Waals surface area contributed by atoms with Crippen molar-refractivity contribution < 1.29 is 23.8 Å². The molecule has 1 heterocycles. The normalized spacial score (nSPS) is 16.8. The summed E-state index contributed by atoms with van der Waals surface area (Å²) in [5.41, 5.74) is 1.36. The molecular formula is C17H16O5. The summed E-state index contributed by atoms with van der Waals surface area (Å²) in [6, 6.07) is 9.50. The van der Waals surface area contributed by atoms with Gasteiger partial charge < -0.3 is 14.2 Å². The van der Waals surface area contributed by atoms with Gasteiger partial charge in [-0.1, -0.05) is 36.4 Å². The number of hydrogen-bond donors (Lipinski definition) is 0. The van der Waals surface area contributed by atoms with Gasteiger partial charge in [0.25, 0.3) is 0 Å². The van der Waals surface area contributed by atoms with E-state index in [1.54, 1.807) is 12.2 Å². The second-order valence-electron chi connectivity index (χ2n) is 4.53. The minimum absolute atomic E-state index is 0.0899. The predicted molar refractivity (Wildman–Crippen MR) is 80.3 cm³/mol. The number of carbonyl (C=O) groups excluding carboxylic acids is 2. The van der Waals surface area contributed by atoms with Gasteiger partial charge in [-0.15, -0.1) is 0 Å². The third kappa shape index (κ3) is 3.09. The number of methoxy groups -OCH3 is 2. The zero-order valence-electron chi connectivity index (χ0n) is 12.6. The molecule has 0 amide bonds. The first kappa shape index (κ1) is 15.6. The van der Waals surface area contributed by atoms with Gasteiger partial charge in [0.1, 0.15) is 5.57 Å². The van der Waals surface area contributed by atoms with Crippen LogP contribution in [0.15, 0.2) is 59.1 Å². The smallest absolute Gasteiger partial charge is 0.347 e. The van der Waals surface area contributed by atoms with Crippen molar-refractivity contribution >= 4 is 18.0 Å². The Bertz CT molecular complexity index is 680. The number of benzene rings is 1. The molecule has 22 heavy (non-hydrogen) atoms. The molecule has 5 heteroatoms. The second kappa shape index (κ2) is 6.76. The average molecular weight is 300 g/mol. The van der Waals surface area contributed by atoms with Gasteiger partial charge in [0.05, 0.1) is 19.8 Å². The lowest BCUT2D eigenvalue weighted by atomic mass is 10.1. The molecule has 1 aromatic carbocycles. The van der Waals surface area contributed by atoms with E-state index in [4.69, 9.17) is 9.47 Å². The van der Waals surface area contributed by atoms with E-state index in [0.717, 1.165) is 5.56 Å². The van der Waals surface area contributed by atoms with Gasteiger partial charge in [-0.3, -0.25) is 0 Å². The topological polar surface area (TPSA) is 61.8 Å². The summed E-state index contributed by atoms with van der Waals surface area (Å²) in [6.07, 6.45) is 3.38. The molecule has 0 bridgehead atoms. The molecule has 0 fully saturated rings. The van der Waals surface area contributed by atoms with Gasteiger partial charge in [0.2, 0.25) is 0 Å². The van der Waals surface area contributed by atoms with Crippen LogP contribution in [0.25, 0.3) is 6.08 Å². The fourth-order valence-corrected chi connectivity index (χ4v) is 1.99. The summed E-state index contributed by atoms with van der Waals surface area (Å²) in [6.45, 7) is 1.51. The lowest BCUT2D eigenvalue weighted by molar-refractivity contribution is -0.136. The number of ether oxygens (including phenoxy) is 3. The van der Waals surface area contributed by atoms with Gasteiger partial charge >= 0.3 is 11.9 Å². The van der Waals surface area contributed by atoms with Crippen molar-refractivity contribution in [1.29, 1.82) is 0 Å². The maximum absolute atomic E-state index is 12.0. The van der Waals surface area contributed by atoms with Gasteiger partial charge in [0, 0.05) is 0 Å². The van der Waals surface area contributed by atoms with Crippen molar-refractivity contribution in [2.45, 2.75) is 6.92 Å². The Balaban J connectivity index is 2.41. The fourth-order valence-electron chi connectivity index (χ4n) is 1.99. The molecule has 0 radical (unpaired) electrons. The molecule has 0 aromatic heterocycles. The van der Waals surface area contributed by atoms with Crippen LogP contribution in [-0.2, 0) is 23.8 Å². The summed E-state index contributed by atoms with van der Waals surface area (Å²) in [5.74, 6) is -0.833. The molecule has 5 nitrogen and oxygen atoms in total. The highest BCUT2D eigenvalue weighted by Gasteiger charge is 2.32. The molecule has 2 rings (SSSR count). The van der Waals surface area contributed by atoms with Crippen LogP contribution in [0.3, 0.4) is 0 Å². The lowest BCUT2D eigenvalue weighted by Gasteiger charge is -2.06. The van der Waals surface area contributed by atoms with Gasteiger partial charge in [-0.25, -0.2) is 9.59 Å². The van der Waals surface area contributed by atoms with E-state index in [9.17, 15) is 9.59 Å². The SMILES string of the molecule is COC(=O)/C(C)=C1/OC(=O)C(/C=C/c2ccccc2)=C1OC. The summed E-state index contributed by atoms with van der Waals surface area (Å²) >= 11 is 0. The zero-order valence-corrected chi connectivity index (χ0v) is 12.6. The standard InChI is InChI=1S/C17H16O5/c1-11(16(18)21-3)14-15(20-2)13(17(19)22-14)10-9-12-7-5-4-6-8-12/h4-10H,1-3H3/b10-9+,14-11+. The first-order valence-corrected chi connectivity index (χ1v) is 6.61. The molecular weight excluding hydrogens is 284 g/mol. The highest BCUT2D eigenvalue weighted by molar-refractivity contribution is 6.00. The Kier molecular flexibility index (Phi) is 4.78. The van der Waals surface area contributed by atoms with Gasteiger partial charge in [-0.05, 0) is 18.6 Å². The summed E-state index contributed by atoms with van der Waals surface area (Å²) < 4.78 is 15.0. The van der Waals surface area contributed by atoms with Crippen LogP contribution < -0.4 is 0 Å². The molecule has 0 aliphatic carbocycles. The third-order valence-electron chi connectivity index (χ3n) is 3.14. The number of rotatable bonds is 4. The Morgan fingerprint density at radius 2 is 1.82 bits per heavy atom. The molecule has 0 spiro atoms. The maximum atomic E-state index is 12.0. The quantitative estimate of drug-likeness (QED) is 0.632. The van der Waals surface area contributed by atoms with Crippen LogP contribution in [0.2, 0.25) is 0 Å². The third-order valence-corrected chi connectivity index (χ3v) is 3.14. The van der Waals surface area contributed by atoms with Gasteiger partial charge in [-0.2, -0.15) is 0 Å². The van der Waals surface area contributed by atoms with Crippen LogP contribution in [0, 0.1) is 0 Å². The van der Waals surface area contributed by atoms with Crippen LogP contribution in [0.1, 0.15) is 12.5 Å². The molecule has 0 saturated heterocycles. The van der Waals surface area contributed by atoms with Crippen molar-refractivity contribution in [3.63, 3.8) is 0 Å². The number of carbonyl (C=O) groups is 2.